The zero-order valence-corrected chi connectivity index (χ0v) is 11.6. The van der Waals surface area contributed by atoms with Gasteiger partial charge in [0.15, 0.2) is 6.10 Å². The van der Waals surface area contributed by atoms with E-state index in [2.05, 4.69) is 5.32 Å². The van der Waals surface area contributed by atoms with Crippen LogP contribution in [-0.2, 0) is 23.9 Å². The molecule has 0 saturated carbocycles. The summed E-state index contributed by atoms with van der Waals surface area (Å²) in [6.07, 6.45) is 0.257. The molecular weight excluding hydrogens is 266 g/mol. The maximum atomic E-state index is 11.9. The molecule has 0 aliphatic carbocycles. The Morgan fingerprint density at radius 1 is 1.40 bits per heavy atom. The fourth-order valence-electron chi connectivity index (χ4n) is 1.52. The molecule has 2 N–H and O–H groups in total. The topological polar surface area (TPSA) is 102 Å². The monoisotopic (exact) mass is 283 g/mol. The van der Waals surface area contributed by atoms with Crippen molar-refractivity contribution in [3.05, 3.63) is 23.0 Å². The van der Waals surface area contributed by atoms with Crippen molar-refractivity contribution in [2.45, 2.75) is 33.3 Å². The van der Waals surface area contributed by atoms with Crippen molar-refractivity contribution in [3.63, 3.8) is 0 Å². The summed E-state index contributed by atoms with van der Waals surface area (Å²) in [7, 11) is 0. The van der Waals surface area contributed by atoms with Crippen molar-refractivity contribution in [2.24, 2.45) is 0 Å². The normalized spacial score (nSPS) is 15.8. The number of carbonyl (C=O) groups is 3. The summed E-state index contributed by atoms with van der Waals surface area (Å²) in [6.45, 7) is 4.81. The zero-order chi connectivity index (χ0) is 15.3. The number of hydrogen-bond donors (Lipinski definition) is 2. The fraction of sp³-hybridized carbons (Fsp3) is 0.462. The molecule has 7 heteroatoms. The van der Waals surface area contributed by atoms with Gasteiger partial charge in [-0.15, -0.1) is 0 Å². The fourth-order valence-corrected chi connectivity index (χ4v) is 1.52. The number of carboxylic acids is 1. The van der Waals surface area contributed by atoms with Gasteiger partial charge in [0.25, 0.3) is 0 Å². The van der Waals surface area contributed by atoms with Gasteiger partial charge in [-0.3, -0.25) is 0 Å². The van der Waals surface area contributed by atoms with E-state index in [0.717, 1.165) is 0 Å². The highest BCUT2D eigenvalue weighted by molar-refractivity contribution is 5.96. The first-order chi connectivity index (χ1) is 9.36. The third kappa shape index (κ3) is 3.84. The molecule has 7 nitrogen and oxygen atoms in total. The number of dihydropyridines is 1. The van der Waals surface area contributed by atoms with Crippen LogP contribution in [0.5, 0.6) is 0 Å². The predicted octanol–water partition coefficient (Wildman–Crippen LogP) is 0.717. The van der Waals surface area contributed by atoms with Crippen LogP contribution in [-0.4, -0.2) is 35.7 Å². The number of allylic oxidation sites excluding steroid dienone is 1. The third-order valence-electron chi connectivity index (χ3n) is 2.70. The van der Waals surface area contributed by atoms with Gasteiger partial charge >= 0.3 is 17.9 Å². The minimum absolute atomic E-state index is 0.0445. The summed E-state index contributed by atoms with van der Waals surface area (Å²) in [5, 5.41) is 11.5. The smallest absolute Gasteiger partial charge is 0.344 e. The number of carbonyl (C=O) groups excluding carboxylic acids is 2. The van der Waals surface area contributed by atoms with E-state index in [0.29, 0.717) is 5.70 Å². The third-order valence-corrected chi connectivity index (χ3v) is 2.70. The zero-order valence-electron chi connectivity index (χ0n) is 11.6. The molecule has 1 unspecified atom stereocenters. The van der Waals surface area contributed by atoms with Crippen molar-refractivity contribution in [1.29, 1.82) is 0 Å². The summed E-state index contributed by atoms with van der Waals surface area (Å²) in [4.78, 5) is 34.2. The minimum atomic E-state index is -1.25. The number of carboxylic acid groups (broad SMARTS) is 1. The average Bonchev–Trinajstić information content (AvgIpc) is 2.39. The molecule has 0 spiro atoms. The van der Waals surface area contributed by atoms with Crippen molar-refractivity contribution in [2.75, 3.05) is 6.61 Å². The molecule has 110 valence electrons. The molecule has 0 aromatic rings. The molecular formula is C13H17NO6. The molecule has 1 aliphatic rings. The van der Waals surface area contributed by atoms with Crippen LogP contribution in [0.15, 0.2) is 23.0 Å². The van der Waals surface area contributed by atoms with Crippen LogP contribution >= 0.6 is 0 Å². The summed E-state index contributed by atoms with van der Waals surface area (Å²) < 4.78 is 9.64. The van der Waals surface area contributed by atoms with Crippen molar-refractivity contribution in [3.8, 4) is 0 Å². The summed E-state index contributed by atoms with van der Waals surface area (Å²) >= 11 is 0. The summed E-state index contributed by atoms with van der Waals surface area (Å²) in [5.74, 6) is -2.52. The Hall–Kier alpha value is -2.31. The van der Waals surface area contributed by atoms with Gasteiger partial charge in [0.1, 0.15) is 0 Å². The Morgan fingerprint density at radius 3 is 2.60 bits per heavy atom. The molecule has 0 aromatic carbocycles. The van der Waals surface area contributed by atoms with Gasteiger partial charge in [0.05, 0.1) is 17.8 Å². The standard InChI is InChI=1S/C13H17NO6/c1-4-19-12(17)9-5-10(7(2)14-6-9)13(18)20-8(3)11(15)16/h6,8,14H,4-5H2,1-3H3,(H,15,16). The van der Waals surface area contributed by atoms with Crippen LogP contribution in [0.25, 0.3) is 0 Å². The van der Waals surface area contributed by atoms with Gasteiger partial charge < -0.3 is 19.9 Å². The number of aliphatic carboxylic acids is 1. The van der Waals surface area contributed by atoms with Gasteiger partial charge in [-0.25, -0.2) is 14.4 Å². The van der Waals surface area contributed by atoms with E-state index >= 15 is 0 Å². The van der Waals surface area contributed by atoms with E-state index in [1.54, 1.807) is 13.8 Å². The number of nitrogens with one attached hydrogen (secondary N) is 1. The Kier molecular flexibility index (Phi) is 5.31. The van der Waals surface area contributed by atoms with E-state index < -0.39 is 24.0 Å². The van der Waals surface area contributed by atoms with Crippen molar-refractivity contribution in [1.82, 2.24) is 5.32 Å². The minimum Gasteiger partial charge on any atom is -0.479 e. The average molecular weight is 283 g/mol. The van der Waals surface area contributed by atoms with Gasteiger partial charge in [-0.05, 0) is 20.8 Å². The highest BCUT2D eigenvalue weighted by Gasteiger charge is 2.26. The SMILES string of the molecule is CCOC(=O)C1=CNC(C)=C(C(=O)OC(C)C(=O)O)C1. The van der Waals surface area contributed by atoms with Gasteiger partial charge in [-0.2, -0.15) is 0 Å². The molecule has 0 amide bonds. The highest BCUT2D eigenvalue weighted by atomic mass is 16.6. The number of hydrogen-bond acceptors (Lipinski definition) is 6. The maximum absolute atomic E-state index is 11.9. The first-order valence-corrected chi connectivity index (χ1v) is 6.13. The lowest BCUT2D eigenvalue weighted by atomic mass is 10.0. The molecule has 20 heavy (non-hydrogen) atoms. The lowest BCUT2D eigenvalue weighted by molar-refractivity contribution is -0.160. The van der Waals surface area contributed by atoms with Gasteiger partial charge in [0, 0.05) is 18.3 Å². The number of rotatable bonds is 5. The van der Waals surface area contributed by atoms with E-state index in [9.17, 15) is 14.4 Å². The molecule has 1 rings (SSSR count). The quantitative estimate of drug-likeness (QED) is 0.716. The number of esters is 2. The van der Waals surface area contributed by atoms with Crippen LogP contribution < -0.4 is 5.32 Å². The van der Waals surface area contributed by atoms with E-state index in [4.69, 9.17) is 14.6 Å². The molecule has 0 saturated heterocycles. The molecule has 0 radical (unpaired) electrons. The van der Waals surface area contributed by atoms with Crippen molar-refractivity contribution < 1.29 is 29.0 Å². The second kappa shape index (κ2) is 6.74. The molecule has 0 aromatic heterocycles. The Balaban J connectivity index is 2.77. The van der Waals surface area contributed by atoms with Crippen LogP contribution in [0.3, 0.4) is 0 Å². The Labute approximate surface area is 116 Å². The largest absolute Gasteiger partial charge is 0.479 e. The van der Waals surface area contributed by atoms with E-state index in [-0.39, 0.29) is 24.2 Å². The van der Waals surface area contributed by atoms with Crippen LogP contribution in [0.1, 0.15) is 27.2 Å². The highest BCUT2D eigenvalue weighted by Crippen LogP contribution is 2.21. The number of ether oxygens (including phenoxy) is 2. The summed E-state index contributed by atoms with van der Waals surface area (Å²) in [5.41, 5.74) is 1.01. The second-order valence-corrected chi connectivity index (χ2v) is 4.20. The van der Waals surface area contributed by atoms with Crippen molar-refractivity contribution >= 4 is 17.9 Å². The molecule has 0 bridgehead atoms. The first-order valence-electron chi connectivity index (χ1n) is 6.13. The molecule has 0 fully saturated rings. The first kappa shape index (κ1) is 15.7. The van der Waals surface area contributed by atoms with Crippen LogP contribution in [0.4, 0.5) is 0 Å². The second-order valence-electron chi connectivity index (χ2n) is 4.20. The molecule has 1 heterocycles. The van der Waals surface area contributed by atoms with Gasteiger partial charge in [0.2, 0.25) is 0 Å². The lowest BCUT2D eigenvalue weighted by Gasteiger charge is -2.19. The molecule has 1 atom stereocenters. The molecule has 1 aliphatic heterocycles. The Bertz CT molecular complexity index is 491. The van der Waals surface area contributed by atoms with Gasteiger partial charge in [-0.1, -0.05) is 0 Å². The maximum Gasteiger partial charge on any atom is 0.344 e. The predicted molar refractivity (Wildman–Crippen MR) is 68.4 cm³/mol. The van der Waals surface area contributed by atoms with Crippen LogP contribution in [0, 0.1) is 0 Å². The lowest BCUT2D eigenvalue weighted by Crippen LogP contribution is -2.28. The Morgan fingerprint density at radius 2 is 2.05 bits per heavy atom. The van der Waals surface area contributed by atoms with Crippen LogP contribution in [0.2, 0.25) is 0 Å². The van der Waals surface area contributed by atoms with E-state index in [1.807, 2.05) is 0 Å². The summed E-state index contributed by atoms with van der Waals surface area (Å²) in [6, 6.07) is 0. The van der Waals surface area contributed by atoms with E-state index in [1.165, 1.54) is 13.1 Å².